The molecule has 28 heavy (non-hydrogen) atoms. The Hall–Kier alpha value is -1.12. The Kier molecular flexibility index (Phi) is 11.5. The van der Waals surface area contributed by atoms with Crippen LogP contribution in [0.5, 0.6) is 0 Å². The van der Waals surface area contributed by atoms with Crippen LogP contribution in [-0.2, 0) is 6.42 Å². The van der Waals surface area contributed by atoms with Gasteiger partial charge in [0.2, 0.25) is 0 Å². The molecule has 1 atom stereocenters. The molecule has 0 fully saturated rings. The van der Waals surface area contributed by atoms with Gasteiger partial charge in [0.25, 0.3) is 0 Å². The fraction of sp³-hybridized carbons (Fsp3) is 0.500. The molecule has 2 aromatic carbocycles. The number of hydrogen-bond acceptors (Lipinski definition) is 2. The van der Waals surface area contributed by atoms with Crippen molar-refractivity contribution in [2.75, 3.05) is 0 Å². The van der Waals surface area contributed by atoms with Gasteiger partial charge < -0.3 is 0 Å². The summed E-state index contributed by atoms with van der Waals surface area (Å²) >= 11 is 10.6. The number of thiol groups is 1. The molecule has 0 radical (unpaired) electrons. The largest absolute Gasteiger partial charge is 0.165 e. The summed E-state index contributed by atoms with van der Waals surface area (Å²) in [6, 6.07) is 19.0. The number of benzene rings is 2. The molecule has 0 aliphatic rings. The molecular formula is C26H36S2. The highest BCUT2D eigenvalue weighted by atomic mass is 32.1. The normalized spacial score (nSPS) is 12.1. The van der Waals surface area contributed by atoms with E-state index in [-0.39, 0.29) is 5.25 Å². The van der Waals surface area contributed by atoms with Crippen LogP contribution < -0.4 is 0 Å². The SMILES string of the molecule is CCCCCCCCCCCCc1ccccc1C(=S)C(S)c1ccccc1. The van der Waals surface area contributed by atoms with E-state index in [4.69, 9.17) is 24.8 Å². The maximum atomic E-state index is 5.82. The average molecular weight is 413 g/mol. The lowest BCUT2D eigenvalue weighted by atomic mass is 9.95. The van der Waals surface area contributed by atoms with Gasteiger partial charge in [0.15, 0.2) is 0 Å². The number of aryl methyl sites for hydroxylation is 1. The summed E-state index contributed by atoms with van der Waals surface area (Å²) in [5.41, 5.74) is 3.75. The standard InChI is InChI=1S/C26H36S2/c1-2-3-4-5-6-7-8-9-10-12-17-22-18-15-16-21-24(22)26(28)25(27)23-19-13-11-14-20-23/h11,13-16,18-21,25,27H,2-10,12,17H2,1H3. The van der Waals surface area contributed by atoms with E-state index in [1.807, 2.05) is 6.07 Å². The predicted molar refractivity (Wildman–Crippen MR) is 132 cm³/mol. The highest BCUT2D eigenvalue weighted by molar-refractivity contribution is 7.86. The van der Waals surface area contributed by atoms with E-state index >= 15 is 0 Å². The van der Waals surface area contributed by atoms with Crippen molar-refractivity contribution in [2.24, 2.45) is 0 Å². The first-order valence-electron chi connectivity index (χ1n) is 11.1. The zero-order valence-electron chi connectivity index (χ0n) is 17.4. The smallest absolute Gasteiger partial charge is 0.0624 e. The Bertz CT molecular complexity index is 678. The van der Waals surface area contributed by atoms with Crippen molar-refractivity contribution in [2.45, 2.75) is 82.8 Å². The van der Waals surface area contributed by atoms with Crippen LogP contribution in [-0.4, -0.2) is 4.86 Å². The molecule has 1 unspecified atom stereocenters. The van der Waals surface area contributed by atoms with Gasteiger partial charge in [-0.3, -0.25) is 0 Å². The van der Waals surface area contributed by atoms with Crippen molar-refractivity contribution < 1.29 is 0 Å². The summed E-state index contributed by atoms with van der Waals surface area (Å²) in [5.74, 6) is 0. The van der Waals surface area contributed by atoms with Crippen molar-refractivity contribution in [1.29, 1.82) is 0 Å². The molecule has 0 amide bonds. The van der Waals surface area contributed by atoms with Crippen molar-refractivity contribution >= 4 is 29.7 Å². The van der Waals surface area contributed by atoms with E-state index < -0.39 is 0 Å². The summed E-state index contributed by atoms with van der Waals surface area (Å²) in [6.45, 7) is 2.28. The second-order valence-electron chi connectivity index (χ2n) is 7.77. The summed E-state index contributed by atoms with van der Waals surface area (Å²) in [5, 5.41) is -0.0231. The Morgan fingerprint density at radius 1 is 0.750 bits per heavy atom. The van der Waals surface area contributed by atoms with Crippen molar-refractivity contribution in [3.63, 3.8) is 0 Å². The topological polar surface area (TPSA) is 0 Å². The zero-order valence-corrected chi connectivity index (χ0v) is 19.1. The molecule has 0 bridgehead atoms. The van der Waals surface area contributed by atoms with Crippen LogP contribution in [0.4, 0.5) is 0 Å². The molecule has 152 valence electrons. The quantitative estimate of drug-likeness (QED) is 0.140. The first-order chi connectivity index (χ1) is 13.7. The molecule has 0 aliphatic carbocycles. The third-order valence-electron chi connectivity index (χ3n) is 5.45. The minimum atomic E-state index is -0.0231. The Morgan fingerprint density at radius 3 is 1.93 bits per heavy atom. The summed E-state index contributed by atoms with van der Waals surface area (Å²) in [7, 11) is 0. The highest BCUT2D eigenvalue weighted by Crippen LogP contribution is 2.27. The summed E-state index contributed by atoms with van der Waals surface area (Å²) in [4.78, 5) is 0.942. The van der Waals surface area contributed by atoms with Gasteiger partial charge in [0.05, 0.1) is 5.25 Å². The van der Waals surface area contributed by atoms with Crippen LogP contribution in [0.3, 0.4) is 0 Å². The third-order valence-corrected chi connectivity index (χ3v) is 6.63. The van der Waals surface area contributed by atoms with E-state index in [0.717, 1.165) is 11.3 Å². The fourth-order valence-electron chi connectivity index (χ4n) is 3.72. The average Bonchev–Trinajstić information content (AvgIpc) is 2.75. The third kappa shape index (κ3) is 8.09. The van der Waals surface area contributed by atoms with E-state index in [1.54, 1.807) is 0 Å². The number of thiocarbonyl (C=S) groups is 1. The van der Waals surface area contributed by atoms with Crippen LogP contribution >= 0.6 is 24.8 Å². The van der Waals surface area contributed by atoms with E-state index in [2.05, 4.69) is 55.5 Å². The molecule has 2 heteroatoms. The minimum absolute atomic E-state index is 0.0231. The summed E-state index contributed by atoms with van der Waals surface area (Å²) in [6.07, 6.45) is 14.8. The summed E-state index contributed by atoms with van der Waals surface area (Å²) < 4.78 is 0. The van der Waals surface area contributed by atoms with Crippen LogP contribution in [0, 0.1) is 0 Å². The molecular weight excluding hydrogens is 376 g/mol. The molecule has 0 saturated carbocycles. The van der Waals surface area contributed by atoms with Gasteiger partial charge in [-0.05, 0) is 29.5 Å². The Labute approximate surface area is 183 Å². The fourth-order valence-corrected chi connectivity index (χ4v) is 4.36. The van der Waals surface area contributed by atoms with E-state index in [1.165, 1.54) is 80.9 Å². The maximum Gasteiger partial charge on any atom is 0.0624 e. The number of unbranched alkanes of at least 4 members (excludes halogenated alkanes) is 9. The number of hydrogen-bond donors (Lipinski definition) is 1. The van der Waals surface area contributed by atoms with Gasteiger partial charge in [0, 0.05) is 4.86 Å². The van der Waals surface area contributed by atoms with Gasteiger partial charge in [-0.25, -0.2) is 0 Å². The molecule has 0 N–H and O–H groups in total. The van der Waals surface area contributed by atoms with Crippen molar-refractivity contribution in [1.82, 2.24) is 0 Å². The molecule has 0 aliphatic heterocycles. The second kappa shape index (κ2) is 14.0. The molecule has 2 rings (SSSR count). The molecule has 0 spiro atoms. The maximum absolute atomic E-state index is 5.82. The van der Waals surface area contributed by atoms with Crippen molar-refractivity contribution in [3.8, 4) is 0 Å². The van der Waals surface area contributed by atoms with Gasteiger partial charge in [0.1, 0.15) is 0 Å². The van der Waals surface area contributed by atoms with Gasteiger partial charge >= 0.3 is 0 Å². The monoisotopic (exact) mass is 412 g/mol. The van der Waals surface area contributed by atoms with Crippen LogP contribution in [0.1, 0.15) is 93.1 Å². The lowest BCUT2D eigenvalue weighted by Crippen LogP contribution is -2.09. The Morgan fingerprint density at radius 2 is 1.29 bits per heavy atom. The first-order valence-corrected chi connectivity index (χ1v) is 12.0. The predicted octanol–water partition coefficient (Wildman–Crippen LogP) is 8.54. The second-order valence-corrected chi connectivity index (χ2v) is 8.72. The molecule has 0 aromatic heterocycles. The Balaban J connectivity index is 1.75. The molecule has 0 nitrogen and oxygen atoms in total. The van der Waals surface area contributed by atoms with Gasteiger partial charge in [-0.2, -0.15) is 12.6 Å². The van der Waals surface area contributed by atoms with E-state index in [9.17, 15) is 0 Å². The van der Waals surface area contributed by atoms with Gasteiger partial charge in [-0.15, -0.1) is 0 Å². The lowest BCUT2D eigenvalue weighted by molar-refractivity contribution is 0.556. The highest BCUT2D eigenvalue weighted by Gasteiger charge is 2.16. The number of rotatable bonds is 14. The van der Waals surface area contributed by atoms with Crippen LogP contribution in [0.25, 0.3) is 0 Å². The first kappa shape index (κ1) is 23.2. The van der Waals surface area contributed by atoms with Gasteiger partial charge in [-0.1, -0.05) is 132 Å². The van der Waals surface area contributed by atoms with Crippen molar-refractivity contribution in [3.05, 3.63) is 71.3 Å². The lowest BCUT2D eigenvalue weighted by Gasteiger charge is -2.16. The van der Waals surface area contributed by atoms with E-state index in [0.29, 0.717) is 0 Å². The van der Waals surface area contributed by atoms with Crippen LogP contribution in [0.15, 0.2) is 54.6 Å². The molecule has 0 heterocycles. The minimum Gasteiger partial charge on any atom is -0.165 e. The van der Waals surface area contributed by atoms with Crippen LogP contribution in [0.2, 0.25) is 0 Å². The molecule has 2 aromatic rings. The zero-order chi connectivity index (χ0) is 20.0. The molecule has 0 saturated heterocycles.